The predicted octanol–water partition coefficient (Wildman–Crippen LogP) is 3.13. The van der Waals surface area contributed by atoms with Crippen molar-refractivity contribution in [2.45, 2.75) is 20.8 Å². The number of carbonyl (C=O) groups is 1. The summed E-state index contributed by atoms with van der Waals surface area (Å²) in [5.41, 5.74) is 2.02. The van der Waals surface area contributed by atoms with E-state index in [0.29, 0.717) is 12.2 Å². The Kier molecular flexibility index (Phi) is 4.33. The van der Waals surface area contributed by atoms with Crippen molar-refractivity contribution in [1.82, 2.24) is 4.98 Å². The Morgan fingerprint density at radius 1 is 1.53 bits per heavy atom. The topological polar surface area (TPSA) is 39.2 Å². The van der Waals surface area contributed by atoms with Gasteiger partial charge < -0.3 is 4.74 Å². The van der Waals surface area contributed by atoms with Crippen LogP contribution < -0.4 is 0 Å². The summed E-state index contributed by atoms with van der Waals surface area (Å²) < 4.78 is 5.86. The molecule has 1 aromatic rings. The van der Waals surface area contributed by atoms with Gasteiger partial charge in [-0.2, -0.15) is 0 Å². The summed E-state index contributed by atoms with van der Waals surface area (Å²) in [4.78, 5) is 15.7. The zero-order valence-electron chi connectivity index (χ0n) is 8.73. The molecule has 1 heterocycles. The molecule has 0 N–H and O–H groups in total. The summed E-state index contributed by atoms with van der Waals surface area (Å²) >= 11 is 8.07. The van der Waals surface area contributed by atoms with Gasteiger partial charge in [0.15, 0.2) is 0 Å². The Morgan fingerprint density at radius 3 is 2.67 bits per heavy atom. The van der Waals surface area contributed by atoms with Gasteiger partial charge in [-0.3, -0.25) is 0 Å². The van der Waals surface area contributed by atoms with Gasteiger partial charge in [-0.15, -0.1) is 0 Å². The van der Waals surface area contributed by atoms with Gasteiger partial charge >= 0.3 is 5.97 Å². The van der Waals surface area contributed by atoms with Crippen LogP contribution in [0.15, 0.2) is 0 Å². The molecule has 0 saturated carbocycles. The molecule has 0 atom stereocenters. The Balaban J connectivity index is 3.29. The molecule has 0 amide bonds. The van der Waals surface area contributed by atoms with Gasteiger partial charge in [0.2, 0.25) is 0 Å². The third kappa shape index (κ3) is 2.60. The maximum Gasteiger partial charge on any atom is 0.341 e. The molecule has 0 aliphatic carbocycles. The van der Waals surface area contributed by atoms with Crippen LogP contribution in [0.2, 0.25) is 5.15 Å². The number of nitrogens with zero attached hydrogens (tertiary/aromatic N) is 1. The first-order valence-electron chi connectivity index (χ1n) is 4.48. The molecule has 0 aliphatic heterocycles. The second-order valence-corrected chi connectivity index (χ2v) is 4.46. The summed E-state index contributed by atoms with van der Waals surface area (Å²) in [5, 5.41) is 0.212. The molecular weight excluding hydrogens is 328 g/mol. The predicted molar refractivity (Wildman–Crippen MR) is 67.4 cm³/mol. The molecule has 0 spiro atoms. The van der Waals surface area contributed by atoms with Crippen molar-refractivity contribution >= 4 is 40.2 Å². The molecule has 0 unspecified atom stereocenters. The van der Waals surface area contributed by atoms with Crippen molar-refractivity contribution in [3.05, 3.63) is 25.5 Å². The first-order valence-corrected chi connectivity index (χ1v) is 5.94. The largest absolute Gasteiger partial charge is 0.462 e. The second kappa shape index (κ2) is 5.12. The van der Waals surface area contributed by atoms with Gasteiger partial charge in [-0.05, 0) is 48.9 Å². The van der Waals surface area contributed by atoms with Crippen molar-refractivity contribution < 1.29 is 9.53 Å². The minimum absolute atomic E-state index is 0.212. The molecule has 1 rings (SSSR count). The average Bonchev–Trinajstić information content (AvgIpc) is 2.15. The van der Waals surface area contributed by atoms with E-state index >= 15 is 0 Å². The summed E-state index contributed by atoms with van der Waals surface area (Å²) in [5.74, 6) is -0.412. The Labute approximate surface area is 107 Å². The maximum atomic E-state index is 11.6. The molecule has 1 aromatic heterocycles. The number of aryl methyl sites for hydroxylation is 1. The molecular formula is C10H11ClINO2. The molecule has 0 aromatic carbocycles. The minimum Gasteiger partial charge on any atom is -0.462 e. The highest BCUT2D eigenvalue weighted by Crippen LogP contribution is 2.25. The van der Waals surface area contributed by atoms with E-state index in [1.54, 1.807) is 6.92 Å². The number of pyridine rings is 1. The normalized spacial score (nSPS) is 10.2. The van der Waals surface area contributed by atoms with Crippen LogP contribution in [0.5, 0.6) is 0 Å². The second-order valence-electron chi connectivity index (χ2n) is 3.02. The number of halogens is 2. The lowest BCUT2D eigenvalue weighted by Crippen LogP contribution is -2.10. The molecule has 15 heavy (non-hydrogen) atoms. The molecule has 5 heteroatoms. The van der Waals surface area contributed by atoms with Crippen LogP contribution in [0.3, 0.4) is 0 Å². The number of aromatic nitrogens is 1. The van der Waals surface area contributed by atoms with Crippen LogP contribution in [0.25, 0.3) is 0 Å². The van der Waals surface area contributed by atoms with Crippen LogP contribution >= 0.6 is 34.2 Å². The Morgan fingerprint density at radius 2 is 2.13 bits per heavy atom. The smallest absolute Gasteiger partial charge is 0.341 e. The van der Waals surface area contributed by atoms with Crippen LogP contribution in [0, 0.1) is 17.4 Å². The first kappa shape index (κ1) is 12.7. The molecule has 3 nitrogen and oxygen atoms in total. The minimum atomic E-state index is -0.412. The van der Waals surface area contributed by atoms with Crippen molar-refractivity contribution in [3.63, 3.8) is 0 Å². The van der Waals surface area contributed by atoms with Crippen LogP contribution in [0.4, 0.5) is 0 Å². The highest BCUT2D eigenvalue weighted by atomic mass is 127. The van der Waals surface area contributed by atoms with Gasteiger partial charge in [-0.25, -0.2) is 9.78 Å². The zero-order chi connectivity index (χ0) is 11.6. The van der Waals surface area contributed by atoms with Crippen LogP contribution in [0.1, 0.15) is 28.5 Å². The van der Waals surface area contributed by atoms with Crippen LogP contribution in [-0.2, 0) is 4.74 Å². The zero-order valence-corrected chi connectivity index (χ0v) is 11.6. The summed E-state index contributed by atoms with van der Waals surface area (Å²) in [7, 11) is 0. The van der Waals surface area contributed by atoms with Gasteiger partial charge in [-0.1, -0.05) is 11.6 Å². The van der Waals surface area contributed by atoms with Gasteiger partial charge in [0.05, 0.1) is 12.3 Å². The van der Waals surface area contributed by atoms with Gasteiger partial charge in [0.1, 0.15) is 10.7 Å². The van der Waals surface area contributed by atoms with Gasteiger partial charge in [0.25, 0.3) is 0 Å². The van der Waals surface area contributed by atoms with E-state index in [9.17, 15) is 4.79 Å². The standard InChI is InChI=1S/C10H11ClINO2/c1-4-15-10(14)7-5(2)8(12)6(3)13-9(7)11/h4H2,1-3H3. The van der Waals surface area contributed by atoms with Gasteiger partial charge in [0, 0.05) is 3.57 Å². The summed E-state index contributed by atoms with van der Waals surface area (Å²) in [6.07, 6.45) is 0. The fourth-order valence-corrected chi connectivity index (χ4v) is 1.96. The molecule has 0 aliphatic rings. The van der Waals surface area contributed by atoms with Crippen molar-refractivity contribution in [2.75, 3.05) is 6.61 Å². The van der Waals surface area contributed by atoms with E-state index in [1.807, 2.05) is 13.8 Å². The molecule has 0 radical (unpaired) electrons. The monoisotopic (exact) mass is 339 g/mol. The number of hydrogen-bond donors (Lipinski definition) is 0. The SMILES string of the molecule is CCOC(=O)c1c(Cl)nc(C)c(I)c1C. The lowest BCUT2D eigenvalue weighted by Gasteiger charge is -2.10. The van der Waals surface area contributed by atoms with Crippen molar-refractivity contribution in [1.29, 1.82) is 0 Å². The third-order valence-corrected chi connectivity index (χ3v) is 3.84. The van der Waals surface area contributed by atoms with Crippen molar-refractivity contribution in [3.8, 4) is 0 Å². The van der Waals surface area contributed by atoms with E-state index in [4.69, 9.17) is 16.3 Å². The number of carbonyl (C=O) groups excluding carboxylic acids is 1. The van der Waals surface area contributed by atoms with Crippen LogP contribution in [-0.4, -0.2) is 17.6 Å². The fourth-order valence-electron chi connectivity index (χ4n) is 1.23. The Hall–Kier alpha value is -0.360. The molecule has 82 valence electrons. The van der Waals surface area contributed by atoms with E-state index in [0.717, 1.165) is 14.8 Å². The fraction of sp³-hybridized carbons (Fsp3) is 0.400. The third-order valence-electron chi connectivity index (χ3n) is 1.97. The lowest BCUT2D eigenvalue weighted by molar-refractivity contribution is 0.0525. The maximum absolute atomic E-state index is 11.6. The van der Waals surface area contributed by atoms with E-state index in [-0.39, 0.29) is 5.15 Å². The van der Waals surface area contributed by atoms with E-state index < -0.39 is 5.97 Å². The molecule has 0 saturated heterocycles. The van der Waals surface area contributed by atoms with Crippen molar-refractivity contribution in [2.24, 2.45) is 0 Å². The molecule has 0 bridgehead atoms. The Bertz CT molecular complexity index is 407. The number of hydrogen-bond acceptors (Lipinski definition) is 3. The summed E-state index contributed by atoms with van der Waals surface area (Å²) in [6.45, 7) is 5.79. The number of ether oxygens (including phenoxy) is 1. The lowest BCUT2D eigenvalue weighted by atomic mass is 10.1. The summed E-state index contributed by atoms with van der Waals surface area (Å²) in [6, 6.07) is 0. The highest BCUT2D eigenvalue weighted by molar-refractivity contribution is 14.1. The quantitative estimate of drug-likeness (QED) is 0.472. The first-order chi connectivity index (χ1) is 6.99. The van der Waals surface area contributed by atoms with E-state index in [2.05, 4.69) is 27.6 Å². The number of rotatable bonds is 2. The highest BCUT2D eigenvalue weighted by Gasteiger charge is 2.19. The number of esters is 1. The molecule has 0 fully saturated rings. The average molecular weight is 340 g/mol. The van der Waals surface area contributed by atoms with E-state index in [1.165, 1.54) is 0 Å².